The van der Waals surface area contributed by atoms with E-state index < -0.39 is 0 Å². The average Bonchev–Trinajstić information content (AvgIpc) is 2.79. The van der Waals surface area contributed by atoms with Crippen LogP contribution in [0.2, 0.25) is 0 Å². The van der Waals surface area contributed by atoms with E-state index in [1.54, 1.807) is 0 Å². The fraction of sp³-hybridized carbons (Fsp3) is 0.615. The molecule has 1 aromatic rings. The summed E-state index contributed by atoms with van der Waals surface area (Å²) in [6, 6.07) is 3.09. The first kappa shape index (κ1) is 14.3. The van der Waals surface area contributed by atoms with Crippen LogP contribution in [0.1, 0.15) is 26.7 Å². The molecule has 0 radical (unpaired) electrons. The lowest BCUT2D eigenvalue weighted by atomic mass is 10.2. The van der Waals surface area contributed by atoms with E-state index in [0.717, 1.165) is 27.9 Å². The van der Waals surface area contributed by atoms with Gasteiger partial charge in [-0.15, -0.1) is 0 Å². The van der Waals surface area contributed by atoms with Crippen molar-refractivity contribution >= 4 is 37.7 Å². The van der Waals surface area contributed by atoms with Gasteiger partial charge in [-0.25, -0.2) is 4.98 Å². The number of rotatable bonds is 4. The van der Waals surface area contributed by atoms with Gasteiger partial charge in [-0.05, 0) is 71.2 Å². The smallest absolute Gasteiger partial charge is 0.143 e. The van der Waals surface area contributed by atoms with E-state index in [4.69, 9.17) is 0 Å². The van der Waals surface area contributed by atoms with Crippen LogP contribution in [0, 0.1) is 0 Å². The summed E-state index contributed by atoms with van der Waals surface area (Å²) >= 11 is 7.06. The largest absolute Gasteiger partial charge is 0.352 e. The summed E-state index contributed by atoms with van der Waals surface area (Å²) < 4.78 is 2.05. The van der Waals surface area contributed by atoms with Crippen LogP contribution >= 0.6 is 31.9 Å². The summed E-state index contributed by atoms with van der Waals surface area (Å²) in [5, 5.41) is 3.55. The highest BCUT2D eigenvalue weighted by molar-refractivity contribution is 9.11. The first-order valence-electron chi connectivity index (χ1n) is 6.39. The summed E-state index contributed by atoms with van der Waals surface area (Å²) in [4.78, 5) is 6.91. The third-order valence-electron chi connectivity index (χ3n) is 3.26. The molecule has 0 bridgehead atoms. The molecule has 1 saturated heterocycles. The molecular weight excluding hydrogens is 358 g/mol. The molecule has 0 aromatic carbocycles. The summed E-state index contributed by atoms with van der Waals surface area (Å²) in [5.74, 6) is 1.03. The van der Waals surface area contributed by atoms with Crippen molar-refractivity contribution in [3.8, 4) is 0 Å². The van der Waals surface area contributed by atoms with E-state index in [1.807, 2.05) is 6.20 Å². The quantitative estimate of drug-likeness (QED) is 0.870. The van der Waals surface area contributed by atoms with Crippen LogP contribution < -0.4 is 10.2 Å². The lowest BCUT2D eigenvalue weighted by molar-refractivity contribution is 0.548. The van der Waals surface area contributed by atoms with Gasteiger partial charge in [-0.2, -0.15) is 0 Å². The van der Waals surface area contributed by atoms with Gasteiger partial charge in [-0.3, -0.25) is 0 Å². The number of anilines is 1. The predicted molar refractivity (Wildman–Crippen MR) is 83.1 cm³/mol. The van der Waals surface area contributed by atoms with E-state index >= 15 is 0 Å². The van der Waals surface area contributed by atoms with Crippen molar-refractivity contribution in [2.75, 3.05) is 18.0 Å². The molecule has 1 N–H and O–H groups in total. The number of aromatic nitrogens is 1. The highest BCUT2D eigenvalue weighted by Crippen LogP contribution is 2.28. The van der Waals surface area contributed by atoms with Crippen molar-refractivity contribution in [3.63, 3.8) is 0 Å². The highest BCUT2D eigenvalue weighted by Gasteiger charge is 2.22. The number of nitrogens with one attached hydrogen (secondary N) is 1. The molecule has 1 aliphatic rings. The van der Waals surface area contributed by atoms with Crippen molar-refractivity contribution in [1.82, 2.24) is 10.3 Å². The minimum atomic E-state index is 0.442. The van der Waals surface area contributed by atoms with Crippen LogP contribution in [0.4, 0.5) is 5.82 Å². The van der Waals surface area contributed by atoms with Crippen LogP contribution in [-0.2, 0) is 0 Å². The Morgan fingerprint density at radius 2 is 2.28 bits per heavy atom. The molecule has 2 rings (SSSR count). The van der Waals surface area contributed by atoms with E-state index in [9.17, 15) is 0 Å². The van der Waals surface area contributed by atoms with Gasteiger partial charge in [0.15, 0.2) is 0 Å². The van der Waals surface area contributed by atoms with Gasteiger partial charge in [0.1, 0.15) is 5.82 Å². The number of hydrogen-bond donors (Lipinski definition) is 1. The standard InChI is InChI=1S/C13H19Br2N3/c1-9(2)18(8-11-4-3-5-16-11)13-12(15)6-10(14)7-17-13/h6-7,9,11,16H,3-5,8H2,1-2H3. The molecular formula is C13H19Br2N3. The maximum Gasteiger partial charge on any atom is 0.143 e. The molecule has 0 aliphatic carbocycles. The summed E-state index contributed by atoms with van der Waals surface area (Å²) in [5.41, 5.74) is 0. The van der Waals surface area contributed by atoms with Crippen LogP contribution in [0.15, 0.2) is 21.2 Å². The van der Waals surface area contributed by atoms with Gasteiger partial charge in [0.25, 0.3) is 0 Å². The SMILES string of the molecule is CC(C)N(CC1CCCN1)c1ncc(Br)cc1Br. The highest BCUT2D eigenvalue weighted by atomic mass is 79.9. The molecule has 5 heteroatoms. The Bertz CT molecular complexity index is 403. The lowest BCUT2D eigenvalue weighted by Gasteiger charge is -2.31. The Hall–Kier alpha value is -0.130. The number of pyridine rings is 1. The van der Waals surface area contributed by atoms with Crippen molar-refractivity contribution in [2.45, 2.75) is 38.8 Å². The van der Waals surface area contributed by atoms with Crippen molar-refractivity contribution < 1.29 is 0 Å². The zero-order valence-electron chi connectivity index (χ0n) is 10.8. The molecule has 0 spiro atoms. The zero-order chi connectivity index (χ0) is 13.1. The normalized spacial score (nSPS) is 19.5. The van der Waals surface area contributed by atoms with Crippen molar-refractivity contribution in [3.05, 3.63) is 21.2 Å². The van der Waals surface area contributed by atoms with Crippen LogP contribution in [0.25, 0.3) is 0 Å². The average molecular weight is 377 g/mol. The first-order chi connectivity index (χ1) is 8.58. The topological polar surface area (TPSA) is 28.2 Å². The van der Waals surface area contributed by atoms with Gasteiger partial charge in [0, 0.05) is 29.3 Å². The first-order valence-corrected chi connectivity index (χ1v) is 7.97. The third kappa shape index (κ3) is 3.45. The van der Waals surface area contributed by atoms with E-state index in [0.29, 0.717) is 12.1 Å². The Balaban J connectivity index is 2.17. The molecule has 0 amide bonds. The van der Waals surface area contributed by atoms with Crippen molar-refractivity contribution in [1.29, 1.82) is 0 Å². The Morgan fingerprint density at radius 3 is 2.83 bits per heavy atom. The van der Waals surface area contributed by atoms with Crippen LogP contribution in [0.5, 0.6) is 0 Å². The molecule has 1 fully saturated rings. The second kappa shape index (κ2) is 6.35. The van der Waals surface area contributed by atoms with E-state index in [-0.39, 0.29) is 0 Å². The summed E-state index contributed by atoms with van der Waals surface area (Å²) in [6.45, 7) is 6.59. The third-order valence-corrected chi connectivity index (χ3v) is 4.28. The van der Waals surface area contributed by atoms with Crippen LogP contribution in [0.3, 0.4) is 0 Å². The molecule has 1 unspecified atom stereocenters. The Kier molecular flexibility index (Phi) is 5.04. The minimum Gasteiger partial charge on any atom is -0.352 e. The molecule has 18 heavy (non-hydrogen) atoms. The Morgan fingerprint density at radius 1 is 1.50 bits per heavy atom. The maximum absolute atomic E-state index is 4.55. The molecule has 1 aromatic heterocycles. The lowest BCUT2D eigenvalue weighted by Crippen LogP contribution is -2.42. The van der Waals surface area contributed by atoms with Gasteiger partial charge in [-0.1, -0.05) is 0 Å². The molecule has 0 saturated carbocycles. The molecule has 1 aliphatic heterocycles. The number of halogens is 2. The maximum atomic E-state index is 4.55. The molecule has 100 valence electrons. The van der Waals surface area contributed by atoms with Crippen LogP contribution in [-0.4, -0.2) is 30.2 Å². The second-order valence-electron chi connectivity index (χ2n) is 5.00. The molecule has 1 atom stereocenters. The predicted octanol–water partition coefficient (Wildman–Crippen LogP) is 3.57. The summed E-state index contributed by atoms with van der Waals surface area (Å²) in [7, 11) is 0. The van der Waals surface area contributed by atoms with Gasteiger partial charge in [0.05, 0.1) is 4.47 Å². The van der Waals surface area contributed by atoms with Gasteiger partial charge in [0.2, 0.25) is 0 Å². The van der Waals surface area contributed by atoms with E-state index in [1.165, 1.54) is 12.8 Å². The Labute approximate surface area is 126 Å². The van der Waals surface area contributed by atoms with Crippen molar-refractivity contribution in [2.24, 2.45) is 0 Å². The number of nitrogens with zero attached hydrogens (tertiary/aromatic N) is 2. The minimum absolute atomic E-state index is 0.442. The van der Waals surface area contributed by atoms with E-state index in [2.05, 4.69) is 67.0 Å². The monoisotopic (exact) mass is 375 g/mol. The molecule has 3 nitrogen and oxygen atoms in total. The second-order valence-corrected chi connectivity index (χ2v) is 6.77. The summed E-state index contributed by atoms with van der Waals surface area (Å²) in [6.07, 6.45) is 4.40. The van der Waals surface area contributed by atoms with Gasteiger partial charge < -0.3 is 10.2 Å². The van der Waals surface area contributed by atoms with Gasteiger partial charge >= 0.3 is 0 Å². The number of hydrogen-bond acceptors (Lipinski definition) is 3. The fourth-order valence-corrected chi connectivity index (χ4v) is 3.53. The molecule has 2 heterocycles. The zero-order valence-corrected chi connectivity index (χ0v) is 14.0. The fourth-order valence-electron chi connectivity index (χ4n) is 2.31.